The molecule has 2 heterocycles. The van der Waals surface area contributed by atoms with E-state index >= 15 is 0 Å². The van der Waals surface area contributed by atoms with Gasteiger partial charge in [-0.1, -0.05) is 36.4 Å². The van der Waals surface area contributed by atoms with Crippen LogP contribution >= 0.6 is 0 Å². The summed E-state index contributed by atoms with van der Waals surface area (Å²) >= 11 is 0. The van der Waals surface area contributed by atoms with Crippen LogP contribution in [0.4, 0.5) is 0 Å². The molecule has 2 aromatic heterocycles. The van der Waals surface area contributed by atoms with E-state index in [1.54, 1.807) is 12.4 Å². The molecule has 4 nitrogen and oxygen atoms in total. The second-order valence-electron chi connectivity index (χ2n) is 5.22. The molecule has 0 aliphatic carbocycles. The van der Waals surface area contributed by atoms with Crippen molar-refractivity contribution >= 4 is 0 Å². The summed E-state index contributed by atoms with van der Waals surface area (Å²) < 4.78 is 0. The Balaban J connectivity index is 1.76. The van der Waals surface area contributed by atoms with E-state index in [4.69, 9.17) is 0 Å². The first-order valence-electron chi connectivity index (χ1n) is 7.13. The van der Waals surface area contributed by atoms with Crippen LogP contribution in [0.5, 0.6) is 0 Å². The Labute approximate surface area is 127 Å². The van der Waals surface area contributed by atoms with Crippen LogP contribution in [-0.2, 0) is 12.8 Å². The number of hydrogen-bond acceptors (Lipinski definition) is 2. The number of benzene rings is 1. The van der Waals surface area contributed by atoms with Crippen molar-refractivity contribution in [3.63, 3.8) is 0 Å². The van der Waals surface area contributed by atoms with Crippen molar-refractivity contribution in [3.05, 3.63) is 104 Å². The van der Waals surface area contributed by atoms with Gasteiger partial charge in [0, 0.05) is 36.4 Å². The van der Waals surface area contributed by atoms with Gasteiger partial charge in [0.25, 0.3) is 11.1 Å². The van der Waals surface area contributed by atoms with Crippen LogP contribution in [0.1, 0.15) is 22.3 Å². The zero-order valence-corrected chi connectivity index (χ0v) is 12.0. The molecule has 0 amide bonds. The number of rotatable bonds is 4. The first-order chi connectivity index (χ1) is 10.7. The van der Waals surface area contributed by atoms with Crippen molar-refractivity contribution in [3.8, 4) is 0 Å². The molecule has 0 saturated heterocycles. The van der Waals surface area contributed by atoms with E-state index in [2.05, 4.69) is 9.97 Å². The number of aromatic nitrogens is 2. The Morgan fingerprint density at radius 1 is 0.636 bits per heavy atom. The van der Waals surface area contributed by atoms with Crippen molar-refractivity contribution in [2.45, 2.75) is 12.8 Å². The van der Waals surface area contributed by atoms with E-state index in [-0.39, 0.29) is 11.1 Å². The fourth-order valence-corrected chi connectivity index (χ4v) is 2.41. The Morgan fingerprint density at radius 3 is 1.41 bits per heavy atom. The predicted octanol–water partition coefficient (Wildman–Crippen LogP) is 2.24. The first-order valence-corrected chi connectivity index (χ1v) is 7.13. The van der Waals surface area contributed by atoms with Gasteiger partial charge in [-0.2, -0.15) is 0 Å². The Hall–Kier alpha value is -2.88. The van der Waals surface area contributed by atoms with E-state index in [9.17, 15) is 9.59 Å². The fraction of sp³-hybridized carbons (Fsp3) is 0.111. The molecule has 4 heteroatoms. The Morgan fingerprint density at radius 2 is 1.05 bits per heavy atom. The Bertz CT molecular complexity index is 802. The highest BCUT2D eigenvalue weighted by Gasteiger charge is 2.03. The average molecular weight is 292 g/mol. The zero-order chi connectivity index (χ0) is 15.4. The smallest absolute Gasteiger partial charge is 0.251 e. The molecule has 0 fully saturated rings. The highest BCUT2D eigenvalue weighted by molar-refractivity contribution is 5.30. The highest BCUT2D eigenvalue weighted by Crippen LogP contribution is 2.10. The van der Waals surface area contributed by atoms with Gasteiger partial charge in [0.15, 0.2) is 0 Å². The number of H-pyrrole nitrogens is 2. The van der Waals surface area contributed by atoms with Crippen molar-refractivity contribution in [2.75, 3.05) is 0 Å². The molecule has 0 aliphatic rings. The summed E-state index contributed by atoms with van der Waals surface area (Å²) in [6, 6.07) is 15.3. The van der Waals surface area contributed by atoms with Crippen LogP contribution in [0.3, 0.4) is 0 Å². The summed E-state index contributed by atoms with van der Waals surface area (Å²) in [6.07, 6.45) is 4.46. The lowest BCUT2D eigenvalue weighted by Gasteiger charge is -2.04. The molecule has 3 rings (SSSR count). The predicted molar refractivity (Wildman–Crippen MR) is 86.2 cm³/mol. The average Bonchev–Trinajstić information content (AvgIpc) is 2.54. The summed E-state index contributed by atoms with van der Waals surface area (Å²) in [5, 5.41) is 0. The minimum absolute atomic E-state index is 0.0533. The molecule has 0 bridgehead atoms. The van der Waals surface area contributed by atoms with E-state index < -0.39 is 0 Å². The maximum absolute atomic E-state index is 11.7. The molecule has 0 spiro atoms. The second kappa shape index (κ2) is 6.26. The SMILES string of the molecule is O=c1[nH]cccc1Cc1ccc(Cc2ccc[nH]c2=O)cc1. The van der Waals surface area contributed by atoms with Gasteiger partial charge in [0.1, 0.15) is 0 Å². The number of pyridine rings is 2. The largest absolute Gasteiger partial charge is 0.329 e. The molecule has 0 saturated carbocycles. The molecule has 22 heavy (non-hydrogen) atoms. The number of nitrogens with one attached hydrogen (secondary N) is 2. The minimum Gasteiger partial charge on any atom is -0.329 e. The van der Waals surface area contributed by atoms with Crippen molar-refractivity contribution < 1.29 is 0 Å². The molecule has 2 N–H and O–H groups in total. The van der Waals surface area contributed by atoms with Crippen LogP contribution in [0.2, 0.25) is 0 Å². The van der Waals surface area contributed by atoms with Gasteiger partial charge in [0.05, 0.1) is 0 Å². The van der Waals surface area contributed by atoms with Gasteiger partial charge < -0.3 is 9.97 Å². The third-order valence-electron chi connectivity index (χ3n) is 3.61. The van der Waals surface area contributed by atoms with Crippen molar-refractivity contribution in [1.29, 1.82) is 0 Å². The number of hydrogen-bond donors (Lipinski definition) is 2. The molecule has 0 radical (unpaired) electrons. The highest BCUT2D eigenvalue weighted by atomic mass is 16.1. The maximum Gasteiger partial charge on any atom is 0.251 e. The van der Waals surface area contributed by atoms with Gasteiger partial charge in [-0.25, -0.2) is 0 Å². The van der Waals surface area contributed by atoms with E-state index in [1.165, 1.54) is 0 Å². The molecule has 0 atom stereocenters. The van der Waals surface area contributed by atoms with Crippen LogP contribution in [0.15, 0.2) is 70.5 Å². The van der Waals surface area contributed by atoms with Crippen LogP contribution in [0.25, 0.3) is 0 Å². The maximum atomic E-state index is 11.7. The Kier molecular flexibility index (Phi) is 4.01. The lowest BCUT2D eigenvalue weighted by molar-refractivity contribution is 1.07. The third kappa shape index (κ3) is 3.23. The summed E-state index contributed by atoms with van der Waals surface area (Å²) in [7, 11) is 0. The van der Waals surface area contributed by atoms with Crippen molar-refractivity contribution in [2.24, 2.45) is 0 Å². The van der Waals surface area contributed by atoms with Gasteiger partial charge in [-0.3, -0.25) is 9.59 Å². The summed E-state index contributed by atoms with van der Waals surface area (Å²) in [5.41, 5.74) is 3.53. The van der Waals surface area contributed by atoms with Crippen LogP contribution < -0.4 is 11.1 Å². The normalized spacial score (nSPS) is 10.5. The fourth-order valence-electron chi connectivity index (χ4n) is 2.41. The van der Waals surface area contributed by atoms with E-state index in [1.807, 2.05) is 48.5 Å². The van der Waals surface area contributed by atoms with Crippen molar-refractivity contribution in [1.82, 2.24) is 9.97 Å². The third-order valence-corrected chi connectivity index (χ3v) is 3.61. The summed E-state index contributed by atoms with van der Waals surface area (Å²) in [4.78, 5) is 28.7. The topological polar surface area (TPSA) is 65.7 Å². The van der Waals surface area contributed by atoms with Gasteiger partial charge in [-0.15, -0.1) is 0 Å². The minimum atomic E-state index is -0.0533. The van der Waals surface area contributed by atoms with Crippen LogP contribution in [0, 0.1) is 0 Å². The molecule has 0 unspecified atom stereocenters. The number of aromatic amines is 2. The zero-order valence-electron chi connectivity index (χ0n) is 12.0. The molecule has 1 aromatic carbocycles. The molecule has 3 aromatic rings. The first kappa shape index (κ1) is 14.1. The van der Waals surface area contributed by atoms with Gasteiger partial charge in [0.2, 0.25) is 0 Å². The van der Waals surface area contributed by atoms with Crippen LogP contribution in [-0.4, -0.2) is 9.97 Å². The molecular formula is C18H16N2O2. The van der Waals surface area contributed by atoms with E-state index in [0.29, 0.717) is 12.8 Å². The molecular weight excluding hydrogens is 276 g/mol. The lowest BCUT2D eigenvalue weighted by atomic mass is 10.0. The summed E-state index contributed by atoms with van der Waals surface area (Å²) in [6.45, 7) is 0. The molecule has 110 valence electrons. The quantitative estimate of drug-likeness (QED) is 0.774. The standard InChI is InChI=1S/C18H16N2O2/c21-17-15(3-1-9-19-17)11-13-5-7-14(8-6-13)12-16-4-2-10-20-18(16)22/h1-10H,11-12H2,(H,19,21)(H,20,22). The second-order valence-corrected chi connectivity index (χ2v) is 5.22. The lowest BCUT2D eigenvalue weighted by Crippen LogP contribution is -2.12. The van der Waals surface area contributed by atoms with Gasteiger partial charge in [-0.05, 0) is 23.3 Å². The summed E-state index contributed by atoms with van der Waals surface area (Å²) in [5.74, 6) is 0. The van der Waals surface area contributed by atoms with E-state index in [0.717, 1.165) is 22.3 Å². The van der Waals surface area contributed by atoms with Gasteiger partial charge >= 0.3 is 0 Å². The molecule has 0 aliphatic heterocycles. The monoisotopic (exact) mass is 292 g/mol.